The molecular weight excluding hydrogens is 775 g/mol. The third kappa shape index (κ3) is 8.49. The molecule has 0 saturated carbocycles. The summed E-state index contributed by atoms with van der Waals surface area (Å²) in [7, 11) is 0. The average molecular weight is 825 g/mol. The fourth-order valence-electron chi connectivity index (χ4n) is 5.56. The summed E-state index contributed by atoms with van der Waals surface area (Å²) in [5.41, 5.74) is 4.11. The molecule has 0 aliphatic heterocycles. The van der Waals surface area contributed by atoms with E-state index in [0.717, 1.165) is 42.3 Å². The number of aromatic nitrogens is 1. The van der Waals surface area contributed by atoms with Gasteiger partial charge >= 0.3 is 0 Å². The molecule has 5 rings (SSSR count). The second kappa shape index (κ2) is 15.9. The van der Waals surface area contributed by atoms with Crippen LogP contribution in [0.1, 0.15) is 93.6 Å². The van der Waals surface area contributed by atoms with E-state index in [-0.39, 0.29) is 47.9 Å². The molecule has 1 N–H and O–H groups in total. The van der Waals surface area contributed by atoms with Gasteiger partial charge in [-0.3, -0.25) is 9.78 Å². The number of hydrogen-bond donors (Lipinski definition) is 1. The Morgan fingerprint density at radius 1 is 0.830 bits per heavy atom. The van der Waals surface area contributed by atoms with Gasteiger partial charge in [0.2, 0.25) is 0 Å². The summed E-state index contributed by atoms with van der Waals surface area (Å²) in [6.45, 7) is 18.9. The number of aliphatic hydroxyl groups is 1. The largest absolute Gasteiger partial charge is 0.512 e. The summed E-state index contributed by atoms with van der Waals surface area (Å²) in [5, 5.41) is 13.8. The molecule has 5 heteroatoms. The number of carbonyl (C=O) groups is 1. The molecule has 0 aliphatic rings. The van der Waals surface area contributed by atoms with Crippen LogP contribution in [0.2, 0.25) is 0 Å². The van der Waals surface area contributed by atoms with E-state index in [1.165, 1.54) is 37.6 Å². The van der Waals surface area contributed by atoms with E-state index in [1.54, 1.807) is 0 Å². The second-order valence-electron chi connectivity index (χ2n) is 13.9. The van der Waals surface area contributed by atoms with Gasteiger partial charge in [0.15, 0.2) is 5.78 Å². The minimum Gasteiger partial charge on any atom is -0.512 e. The van der Waals surface area contributed by atoms with E-state index in [1.807, 2.05) is 59.1 Å². The van der Waals surface area contributed by atoms with Crippen LogP contribution < -0.4 is 0 Å². The maximum atomic E-state index is 12.2. The normalized spacial score (nSPS) is 12.4. The number of pyridine rings is 1. The molecule has 2 heterocycles. The van der Waals surface area contributed by atoms with Crippen molar-refractivity contribution in [3.05, 3.63) is 102 Å². The second-order valence-corrected chi connectivity index (χ2v) is 14.9. The Morgan fingerprint density at radius 3 is 2.02 bits per heavy atom. The van der Waals surface area contributed by atoms with Crippen molar-refractivity contribution in [1.29, 1.82) is 0 Å². The molecule has 3 aromatic carbocycles. The summed E-state index contributed by atoms with van der Waals surface area (Å²) in [5.74, 6) is 0.286. The molecule has 0 saturated heterocycles. The number of carbonyl (C=O) groups excluding carboxylic acids is 1. The van der Waals surface area contributed by atoms with Crippen LogP contribution in [0, 0.1) is 16.9 Å². The van der Waals surface area contributed by atoms with Crippen LogP contribution in [0.5, 0.6) is 0 Å². The first-order valence-corrected chi connectivity index (χ1v) is 17.5. The van der Waals surface area contributed by atoms with Crippen LogP contribution in [0.4, 0.5) is 0 Å². The van der Waals surface area contributed by atoms with Gasteiger partial charge in [0.05, 0.1) is 0 Å². The number of benzene rings is 3. The minimum absolute atomic E-state index is 0. The van der Waals surface area contributed by atoms with Gasteiger partial charge in [-0.1, -0.05) is 122 Å². The van der Waals surface area contributed by atoms with Crippen molar-refractivity contribution in [2.24, 2.45) is 10.8 Å². The maximum Gasteiger partial charge on any atom is 0.164 e. The van der Waals surface area contributed by atoms with E-state index in [4.69, 9.17) is 4.98 Å². The third-order valence-corrected chi connectivity index (χ3v) is 11.1. The molecule has 0 bridgehead atoms. The Morgan fingerprint density at radius 2 is 1.43 bits per heavy atom. The Bertz CT molecular complexity index is 1820. The van der Waals surface area contributed by atoms with Gasteiger partial charge in [0.1, 0.15) is 5.76 Å². The quantitative estimate of drug-likeness (QED) is 0.0915. The zero-order valence-electron chi connectivity index (χ0n) is 29.5. The van der Waals surface area contributed by atoms with Crippen molar-refractivity contribution in [2.45, 2.75) is 93.4 Å². The van der Waals surface area contributed by atoms with E-state index in [2.05, 4.69) is 99.6 Å². The number of rotatable bonds is 9. The fraction of sp³-hybridized carbons (Fsp3) is 0.381. The van der Waals surface area contributed by atoms with Crippen molar-refractivity contribution < 1.29 is 30.0 Å². The predicted octanol–water partition coefficient (Wildman–Crippen LogP) is 12.5. The van der Waals surface area contributed by atoms with Crippen LogP contribution in [-0.4, -0.2) is 15.9 Å². The zero-order chi connectivity index (χ0) is 33.7. The molecule has 3 nitrogen and oxygen atoms in total. The van der Waals surface area contributed by atoms with Gasteiger partial charge in [-0.2, -0.15) is 0 Å². The van der Waals surface area contributed by atoms with Crippen molar-refractivity contribution >= 4 is 38.0 Å². The summed E-state index contributed by atoms with van der Waals surface area (Å²) in [6, 6.07) is 29.4. The summed E-state index contributed by atoms with van der Waals surface area (Å²) < 4.78 is 1.22. The van der Waals surface area contributed by atoms with Gasteiger partial charge in [0.25, 0.3) is 0 Å². The van der Waals surface area contributed by atoms with Crippen LogP contribution in [-0.2, 0) is 30.3 Å². The molecule has 0 spiro atoms. The monoisotopic (exact) mass is 825 g/mol. The topological polar surface area (TPSA) is 50.2 Å². The molecule has 5 aromatic rings. The van der Waals surface area contributed by atoms with Gasteiger partial charge in [-0.05, 0) is 54.2 Å². The number of nitrogens with zero attached hydrogens (tertiary/aromatic N) is 1. The Labute approximate surface area is 299 Å². The SMILES string of the molecule is CC(C)(C)c1cc(-c2nccc3cc(-c4ccccc4)sc23)[c-]c2ccccc12.CCC(C)(CC)C(=O)/C=C(\O)C(C)(CC)CC.[Ir]. The smallest absolute Gasteiger partial charge is 0.164 e. The van der Waals surface area contributed by atoms with E-state index in [9.17, 15) is 9.90 Å². The molecule has 0 atom stereocenters. The molecular formula is C42H50IrNO2S-. The standard InChI is InChI=1S/C27H22NS.C15H28O2.Ir/c1-27(2,3)23-16-21(15-19-11-7-8-12-22(19)23)25-26-20(13-14-28-25)17-24(29-26)18-9-5-4-6-10-18;1-7-14(5,8-2)12(16)11-13(17)15(6,9-3)10-4;/h4-14,16-17H,1-3H3;11,16H,7-10H2,1-6H3;/q-1;;/b;12-11-;. The van der Waals surface area contributed by atoms with Crippen molar-refractivity contribution in [1.82, 2.24) is 4.98 Å². The Kier molecular flexibility index (Phi) is 12.9. The van der Waals surface area contributed by atoms with Crippen LogP contribution in [0.15, 0.2) is 90.8 Å². The number of thiophene rings is 1. The van der Waals surface area contributed by atoms with Gasteiger partial charge in [0, 0.05) is 58.5 Å². The van der Waals surface area contributed by atoms with Crippen molar-refractivity contribution in [3.63, 3.8) is 0 Å². The van der Waals surface area contributed by atoms with Crippen LogP contribution >= 0.6 is 11.3 Å². The minimum atomic E-state index is -0.337. The first-order valence-electron chi connectivity index (χ1n) is 16.7. The summed E-state index contributed by atoms with van der Waals surface area (Å²) >= 11 is 1.81. The zero-order valence-corrected chi connectivity index (χ0v) is 32.7. The third-order valence-electron chi connectivity index (χ3n) is 9.93. The molecule has 2 aromatic heterocycles. The first-order chi connectivity index (χ1) is 21.8. The van der Waals surface area contributed by atoms with Crippen molar-refractivity contribution in [2.75, 3.05) is 0 Å². The summed E-state index contributed by atoms with van der Waals surface area (Å²) in [6.07, 6.45) is 6.67. The molecule has 0 fully saturated rings. The van der Waals surface area contributed by atoms with Crippen LogP contribution in [0.3, 0.4) is 0 Å². The number of allylic oxidation sites excluding steroid dienone is 2. The summed E-state index contributed by atoms with van der Waals surface area (Å²) in [4.78, 5) is 18.2. The van der Waals surface area contributed by atoms with Gasteiger partial charge in [-0.15, -0.1) is 40.5 Å². The molecule has 251 valence electrons. The predicted molar refractivity (Wildman–Crippen MR) is 199 cm³/mol. The molecule has 1 radical (unpaired) electrons. The number of aliphatic hydroxyl groups excluding tert-OH is 1. The maximum absolute atomic E-state index is 12.2. The number of hydrogen-bond acceptors (Lipinski definition) is 4. The van der Waals surface area contributed by atoms with E-state index >= 15 is 0 Å². The Hall–Kier alpha value is -3.11. The van der Waals surface area contributed by atoms with Gasteiger partial charge < -0.3 is 5.11 Å². The molecule has 0 unspecified atom stereocenters. The number of fused-ring (bicyclic) bond motifs is 2. The number of ketones is 1. The fourth-order valence-corrected chi connectivity index (χ4v) is 6.73. The Balaban J connectivity index is 0.000000290. The van der Waals surface area contributed by atoms with Crippen molar-refractivity contribution in [3.8, 4) is 21.7 Å². The first kappa shape index (κ1) is 38.3. The molecule has 47 heavy (non-hydrogen) atoms. The van der Waals surface area contributed by atoms with E-state index in [0.29, 0.717) is 0 Å². The van der Waals surface area contributed by atoms with E-state index < -0.39 is 0 Å². The average Bonchev–Trinajstić information content (AvgIpc) is 3.52. The van der Waals surface area contributed by atoms with Crippen LogP contribution in [0.25, 0.3) is 42.6 Å². The molecule has 0 aliphatic carbocycles. The molecule has 0 amide bonds. The van der Waals surface area contributed by atoms with Gasteiger partial charge in [-0.25, -0.2) is 0 Å².